The van der Waals surface area contributed by atoms with Crippen molar-refractivity contribution in [1.29, 1.82) is 0 Å². The van der Waals surface area contributed by atoms with Gasteiger partial charge in [0.1, 0.15) is 0 Å². The minimum absolute atomic E-state index is 0.406. The van der Waals surface area contributed by atoms with E-state index in [4.69, 9.17) is 4.74 Å². The van der Waals surface area contributed by atoms with Crippen molar-refractivity contribution in [2.75, 3.05) is 19.7 Å². The average molecular weight is 201 g/mol. The van der Waals surface area contributed by atoms with E-state index in [-0.39, 0.29) is 0 Å². The van der Waals surface area contributed by atoms with E-state index in [9.17, 15) is 0 Å². The molecule has 0 spiro atoms. The summed E-state index contributed by atoms with van der Waals surface area (Å²) < 4.78 is 5.69. The number of ether oxygens (including phenoxy) is 1. The summed E-state index contributed by atoms with van der Waals surface area (Å²) in [4.78, 5) is 0. The molecular formula is C12H27NO. The van der Waals surface area contributed by atoms with Gasteiger partial charge in [-0.1, -0.05) is 20.8 Å². The van der Waals surface area contributed by atoms with E-state index in [2.05, 4.69) is 33.0 Å². The van der Waals surface area contributed by atoms with Crippen LogP contribution in [0.15, 0.2) is 0 Å². The summed E-state index contributed by atoms with van der Waals surface area (Å²) in [5.74, 6) is 0.636. The van der Waals surface area contributed by atoms with E-state index >= 15 is 0 Å². The van der Waals surface area contributed by atoms with Crippen molar-refractivity contribution in [3.8, 4) is 0 Å². The fourth-order valence-corrected chi connectivity index (χ4v) is 1.17. The maximum Gasteiger partial charge on any atom is 0.0569 e. The SMILES string of the molecule is CCNCCCCCOC(C)C(C)C. The Kier molecular flexibility index (Phi) is 9.42. The summed E-state index contributed by atoms with van der Waals surface area (Å²) in [6, 6.07) is 0. The zero-order chi connectivity index (χ0) is 10.8. The molecule has 0 fully saturated rings. The van der Waals surface area contributed by atoms with Gasteiger partial charge in [0.05, 0.1) is 6.10 Å². The maximum atomic E-state index is 5.69. The van der Waals surface area contributed by atoms with Crippen molar-refractivity contribution < 1.29 is 4.74 Å². The third-order valence-corrected chi connectivity index (χ3v) is 2.57. The highest BCUT2D eigenvalue weighted by Gasteiger charge is 2.05. The first-order valence-corrected chi connectivity index (χ1v) is 6.00. The molecule has 1 N–H and O–H groups in total. The molecule has 0 saturated heterocycles. The zero-order valence-corrected chi connectivity index (χ0v) is 10.3. The average Bonchev–Trinajstić information content (AvgIpc) is 2.16. The molecule has 0 bridgehead atoms. The van der Waals surface area contributed by atoms with Crippen molar-refractivity contribution >= 4 is 0 Å². The van der Waals surface area contributed by atoms with E-state index in [1.807, 2.05) is 0 Å². The van der Waals surface area contributed by atoms with E-state index in [1.54, 1.807) is 0 Å². The molecule has 0 aromatic rings. The Morgan fingerprint density at radius 1 is 1.07 bits per heavy atom. The van der Waals surface area contributed by atoms with Gasteiger partial charge in [-0.2, -0.15) is 0 Å². The lowest BCUT2D eigenvalue weighted by molar-refractivity contribution is 0.0332. The molecule has 0 rings (SSSR count). The molecule has 0 amide bonds. The highest BCUT2D eigenvalue weighted by atomic mass is 16.5. The van der Waals surface area contributed by atoms with Crippen LogP contribution in [0.25, 0.3) is 0 Å². The molecule has 0 radical (unpaired) electrons. The molecule has 0 aliphatic rings. The predicted octanol–water partition coefficient (Wildman–Crippen LogP) is 2.83. The molecular weight excluding hydrogens is 174 g/mol. The standard InChI is InChI=1S/C12H27NO/c1-5-13-9-7-6-8-10-14-12(4)11(2)3/h11-13H,5-10H2,1-4H3. The van der Waals surface area contributed by atoms with Gasteiger partial charge in [-0.15, -0.1) is 0 Å². The normalized spacial score (nSPS) is 13.5. The summed E-state index contributed by atoms with van der Waals surface area (Å²) in [6.07, 6.45) is 4.15. The minimum Gasteiger partial charge on any atom is -0.378 e. The molecule has 2 heteroatoms. The Bertz CT molecular complexity index is 115. The van der Waals surface area contributed by atoms with Gasteiger partial charge in [-0.3, -0.25) is 0 Å². The third-order valence-electron chi connectivity index (χ3n) is 2.57. The fraction of sp³-hybridized carbons (Fsp3) is 1.00. The molecule has 1 unspecified atom stereocenters. The van der Waals surface area contributed by atoms with Crippen LogP contribution in [0, 0.1) is 5.92 Å². The fourth-order valence-electron chi connectivity index (χ4n) is 1.17. The van der Waals surface area contributed by atoms with Crippen LogP contribution in [0.3, 0.4) is 0 Å². The summed E-state index contributed by atoms with van der Waals surface area (Å²) >= 11 is 0. The Morgan fingerprint density at radius 3 is 2.36 bits per heavy atom. The van der Waals surface area contributed by atoms with Gasteiger partial charge >= 0.3 is 0 Å². The monoisotopic (exact) mass is 201 g/mol. The third kappa shape index (κ3) is 8.52. The second-order valence-electron chi connectivity index (χ2n) is 4.23. The largest absolute Gasteiger partial charge is 0.378 e. The quantitative estimate of drug-likeness (QED) is 0.579. The van der Waals surface area contributed by atoms with Crippen molar-refractivity contribution in [3.05, 3.63) is 0 Å². The molecule has 14 heavy (non-hydrogen) atoms. The van der Waals surface area contributed by atoms with Crippen molar-refractivity contribution in [2.24, 2.45) is 5.92 Å². The highest BCUT2D eigenvalue weighted by Crippen LogP contribution is 2.06. The van der Waals surface area contributed by atoms with Gasteiger partial charge in [0.15, 0.2) is 0 Å². The molecule has 0 aliphatic carbocycles. The predicted molar refractivity (Wildman–Crippen MR) is 62.6 cm³/mol. The molecule has 0 heterocycles. The van der Waals surface area contributed by atoms with Crippen molar-refractivity contribution in [1.82, 2.24) is 5.32 Å². The second kappa shape index (κ2) is 9.47. The van der Waals surface area contributed by atoms with Crippen LogP contribution in [-0.2, 0) is 4.74 Å². The lowest BCUT2D eigenvalue weighted by Gasteiger charge is -2.16. The highest BCUT2D eigenvalue weighted by molar-refractivity contribution is 4.54. The van der Waals surface area contributed by atoms with E-state index in [1.165, 1.54) is 19.3 Å². The summed E-state index contributed by atoms with van der Waals surface area (Å²) in [5.41, 5.74) is 0. The Labute approximate surface area is 89.4 Å². The molecule has 86 valence electrons. The number of hydrogen-bond donors (Lipinski definition) is 1. The lowest BCUT2D eigenvalue weighted by Crippen LogP contribution is -2.16. The maximum absolute atomic E-state index is 5.69. The molecule has 0 aliphatic heterocycles. The topological polar surface area (TPSA) is 21.3 Å². The van der Waals surface area contributed by atoms with Crippen LogP contribution in [-0.4, -0.2) is 25.8 Å². The molecule has 1 atom stereocenters. The van der Waals surface area contributed by atoms with Gasteiger partial charge < -0.3 is 10.1 Å². The van der Waals surface area contributed by atoms with Crippen LogP contribution in [0.5, 0.6) is 0 Å². The van der Waals surface area contributed by atoms with E-state index in [0.717, 1.165) is 19.7 Å². The zero-order valence-electron chi connectivity index (χ0n) is 10.3. The van der Waals surface area contributed by atoms with Gasteiger partial charge in [-0.05, 0) is 45.2 Å². The van der Waals surface area contributed by atoms with E-state index in [0.29, 0.717) is 12.0 Å². The van der Waals surface area contributed by atoms with Crippen molar-refractivity contribution in [3.63, 3.8) is 0 Å². The van der Waals surface area contributed by atoms with Gasteiger partial charge in [0.25, 0.3) is 0 Å². The minimum atomic E-state index is 0.406. The van der Waals surface area contributed by atoms with Crippen molar-refractivity contribution in [2.45, 2.75) is 53.1 Å². The lowest BCUT2D eigenvalue weighted by atomic mass is 10.1. The van der Waals surface area contributed by atoms with Gasteiger partial charge in [0, 0.05) is 6.61 Å². The number of rotatable bonds is 9. The molecule has 0 aromatic heterocycles. The van der Waals surface area contributed by atoms with Crippen LogP contribution in [0.4, 0.5) is 0 Å². The Balaban J connectivity index is 3.06. The smallest absolute Gasteiger partial charge is 0.0569 e. The Hall–Kier alpha value is -0.0800. The first kappa shape index (κ1) is 13.9. The van der Waals surface area contributed by atoms with Crippen LogP contribution >= 0.6 is 0 Å². The molecule has 0 saturated carbocycles. The summed E-state index contributed by atoms with van der Waals surface area (Å²) in [5, 5.41) is 3.33. The van der Waals surface area contributed by atoms with E-state index < -0.39 is 0 Å². The summed E-state index contributed by atoms with van der Waals surface area (Å²) in [6.45, 7) is 11.9. The molecule has 0 aromatic carbocycles. The number of hydrogen-bond acceptors (Lipinski definition) is 2. The molecule has 2 nitrogen and oxygen atoms in total. The van der Waals surface area contributed by atoms with Crippen LogP contribution in [0.1, 0.15) is 47.0 Å². The first-order chi connectivity index (χ1) is 6.68. The summed E-state index contributed by atoms with van der Waals surface area (Å²) in [7, 11) is 0. The van der Waals surface area contributed by atoms with Gasteiger partial charge in [-0.25, -0.2) is 0 Å². The second-order valence-corrected chi connectivity index (χ2v) is 4.23. The Morgan fingerprint density at radius 2 is 1.79 bits per heavy atom. The number of nitrogens with one attached hydrogen (secondary N) is 1. The van der Waals surface area contributed by atoms with Crippen LogP contribution in [0.2, 0.25) is 0 Å². The van der Waals surface area contributed by atoms with Gasteiger partial charge in [0.2, 0.25) is 0 Å². The van der Waals surface area contributed by atoms with Crippen LogP contribution < -0.4 is 5.32 Å². The number of unbranched alkanes of at least 4 members (excludes halogenated alkanes) is 2. The first-order valence-electron chi connectivity index (χ1n) is 6.00.